The van der Waals surface area contributed by atoms with Gasteiger partial charge in [-0.1, -0.05) is 26.7 Å². The normalized spacial score (nSPS) is 13.8. The maximum absolute atomic E-state index is 12.2. The SMILES string of the molecule is CCC(CC)C(CNS(=O)(=O)c1ccc(=O)[nH]c1)N(C)C. The summed E-state index contributed by atoms with van der Waals surface area (Å²) in [5, 5.41) is 0. The van der Waals surface area contributed by atoms with Gasteiger partial charge in [0.1, 0.15) is 0 Å². The van der Waals surface area contributed by atoms with E-state index < -0.39 is 10.0 Å². The van der Waals surface area contributed by atoms with Crippen molar-refractivity contribution < 1.29 is 8.42 Å². The zero-order chi connectivity index (χ0) is 16.0. The summed E-state index contributed by atoms with van der Waals surface area (Å²) in [4.78, 5) is 15.5. The van der Waals surface area contributed by atoms with Gasteiger partial charge in [-0.3, -0.25) is 4.79 Å². The Balaban J connectivity index is 2.83. The molecular formula is C14H25N3O3S. The van der Waals surface area contributed by atoms with Crippen LogP contribution in [0.25, 0.3) is 0 Å². The Bertz CT molecular complexity index is 571. The van der Waals surface area contributed by atoms with E-state index in [1.165, 1.54) is 18.3 Å². The van der Waals surface area contributed by atoms with Crippen molar-refractivity contribution in [3.05, 3.63) is 28.7 Å². The van der Waals surface area contributed by atoms with Crippen LogP contribution in [0.15, 0.2) is 28.0 Å². The number of hydrogen-bond acceptors (Lipinski definition) is 4. The van der Waals surface area contributed by atoms with Crippen molar-refractivity contribution in [1.82, 2.24) is 14.6 Å². The van der Waals surface area contributed by atoms with Gasteiger partial charge in [-0.2, -0.15) is 0 Å². The Hall–Kier alpha value is -1.18. The molecule has 1 aromatic heterocycles. The summed E-state index contributed by atoms with van der Waals surface area (Å²) in [5.74, 6) is 0.429. The lowest BCUT2D eigenvalue weighted by atomic mass is 9.93. The molecule has 7 heteroatoms. The van der Waals surface area contributed by atoms with Crippen molar-refractivity contribution in [3.8, 4) is 0 Å². The van der Waals surface area contributed by atoms with Crippen LogP contribution in [-0.2, 0) is 10.0 Å². The zero-order valence-corrected chi connectivity index (χ0v) is 13.9. The van der Waals surface area contributed by atoms with Gasteiger partial charge in [0.15, 0.2) is 0 Å². The highest BCUT2D eigenvalue weighted by molar-refractivity contribution is 7.89. The highest BCUT2D eigenvalue weighted by Gasteiger charge is 2.23. The van der Waals surface area contributed by atoms with E-state index in [9.17, 15) is 13.2 Å². The van der Waals surface area contributed by atoms with Gasteiger partial charge >= 0.3 is 0 Å². The van der Waals surface area contributed by atoms with Crippen LogP contribution in [0.1, 0.15) is 26.7 Å². The molecule has 1 rings (SSSR count). The maximum atomic E-state index is 12.2. The molecule has 1 atom stereocenters. The lowest BCUT2D eigenvalue weighted by Gasteiger charge is -2.31. The number of H-pyrrole nitrogens is 1. The number of likely N-dealkylation sites (N-methyl/N-ethyl adjacent to an activating group) is 1. The molecule has 0 aromatic carbocycles. The van der Waals surface area contributed by atoms with Crippen LogP contribution in [0.4, 0.5) is 0 Å². The predicted octanol–water partition coefficient (Wildman–Crippen LogP) is 1.02. The van der Waals surface area contributed by atoms with E-state index in [-0.39, 0.29) is 16.5 Å². The molecule has 0 radical (unpaired) electrons. The first kappa shape index (κ1) is 17.9. The number of nitrogens with one attached hydrogen (secondary N) is 2. The largest absolute Gasteiger partial charge is 0.328 e. The lowest BCUT2D eigenvalue weighted by molar-refractivity contribution is 0.201. The van der Waals surface area contributed by atoms with Crippen LogP contribution in [0, 0.1) is 5.92 Å². The molecule has 0 spiro atoms. The number of hydrogen-bond donors (Lipinski definition) is 2. The third kappa shape index (κ3) is 4.94. The maximum Gasteiger partial charge on any atom is 0.247 e. The standard InChI is InChI=1S/C14H25N3O3S/c1-5-11(6-2)13(17(3)4)10-16-21(19,20)12-7-8-14(18)15-9-12/h7-9,11,13,16H,5-6,10H2,1-4H3,(H,15,18). The Morgan fingerprint density at radius 1 is 1.24 bits per heavy atom. The molecule has 0 aliphatic heterocycles. The number of aromatic amines is 1. The molecule has 0 bridgehead atoms. The van der Waals surface area contributed by atoms with E-state index in [0.717, 1.165) is 12.8 Å². The van der Waals surface area contributed by atoms with E-state index in [1.54, 1.807) is 0 Å². The molecule has 1 unspecified atom stereocenters. The minimum absolute atomic E-state index is 0.0733. The van der Waals surface area contributed by atoms with Crippen molar-refractivity contribution in [3.63, 3.8) is 0 Å². The molecule has 0 amide bonds. The summed E-state index contributed by atoms with van der Waals surface area (Å²) >= 11 is 0. The van der Waals surface area contributed by atoms with Crippen LogP contribution >= 0.6 is 0 Å². The van der Waals surface area contributed by atoms with Crippen molar-refractivity contribution in [2.24, 2.45) is 5.92 Å². The molecule has 0 saturated carbocycles. The van der Waals surface area contributed by atoms with E-state index in [4.69, 9.17) is 0 Å². The third-order valence-corrected chi connectivity index (χ3v) is 5.23. The second-order valence-corrected chi connectivity index (χ2v) is 7.12. The molecule has 120 valence electrons. The minimum Gasteiger partial charge on any atom is -0.328 e. The number of aromatic nitrogens is 1. The van der Waals surface area contributed by atoms with Gasteiger partial charge in [-0.05, 0) is 26.1 Å². The van der Waals surface area contributed by atoms with Crippen molar-refractivity contribution in [2.45, 2.75) is 37.6 Å². The number of pyridine rings is 1. The summed E-state index contributed by atoms with van der Waals surface area (Å²) in [6, 6.07) is 2.65. The Morgan fingerprint density at radius 3 is 2.29 bits per heavy atom. The summed E-state index contributed by atoms with van der Waals surface area (Å²) in [6.45, 7) is 4.57. The van der Waals surface area contributed by atoms with E-state index in [2.05, 4.69) is 23.6 Å². The predicted molar refractivity (Wildman–Crippen MR) is 83.8 cm³/mol. The molecule has 0 saturated heterocycles. The first-order valence-electron chi connectivity index (χ1n) is 7.16. The molecule has 21 heavy (non-hydrogen) atoms. The molecule has 1 aromatic rings. The molecule has 0 fully saturated rings. The van der Waals surface area contributed by atoms with Crippen LogP contribution in [0.5, 0.6) is 0 Å². The zero-order valence-electron chi connectivity index (χ0n) is 13.1. The number of rotatable bonds is 8. The van der Waals surface area contributed by atoms with Gasteiger partial charge in [0.05, 0.1) is 4.90 Å². The summed E-state index contributed by atoms with van der Waals surface area (Å²) < 4.78 is 27.1. The van der Waals surface area contributed by atoms with Gasteiger partial charge in [0.25, 0.3) is 0 Å². The number of sulfonamides is 1. The van der Waals surface area contributed by atoms with Crippen LogP contribution in [-0.4, -0.2) is 45.0 Å². The second kappa shape index (κ2) is 7.72. The summed E-state index contributed by atoms with van der Waals surface area (Å²) in [7, 11) is 0.309. The lowest BCUT2D eigenvalue weighted by Crippen LogP contribution is -2.44. The molecule has 1 heterocycles. The van der Waals surface area contributed by atoms with E-state index >= 15 is 0 Å². The fraction of sp³-hybridized carbons (Fsp3) is 0.643. The average Bonchev–Trinajstić information content (AvgIpc) is 2.43. The fourth-order valence-electron chi connectivity index (χ4n) is 2.45. The molecule has 0 aliphatic carbocycles. The Morgan fingerprint density at radius 2 is 1.86 bits per heavy atom. The minimum atomic E-state index is -3.60. The first-order valence-corrected chi connectivity index (χ1v) is 8.65. The van der Waals surface area contributed by atoms with Crippen LogP contribution in [0.2, 0.25) is 0 Å². The molecular weight excluding hydrogens is 290 g/mol. The topological polar surface area (TPSA) is 82.3 Å². The smallest absolute Gasteiger partial charge is 0.247 e. The van der Waals surface area contributed by atoms with Gasteiger partial charge in [0, 0.05) is 24.8 Å². The fourth-order valence-corrected chi connectivity index (χ4v) is 3.46. The monoisotopic (exact) mass is 315 g/mol. The van der Waals surface area contributed by atoms with Gasteiger partial charge in [0.2, 0.25) is 15.6 Å². The molecule has 6 nitrogen and oxygen atoms in total. The molecule has 0 aliphatic rings. The first-order chi connectivity index (χ1) is 9.81. The average molecular weight is 315 g/mol. The van der Waals surface area contributed by atoms with Crippen LogP contribution in [0.3, 0.4) is 0 Å². The highest BCUT2D eigenvalue weighted by Crippen LogP contribution is 2.17. The second-order valence-electron chi connectivity index (χ2n) is 5.35. The number of nitrogens with zero attached hydrogens (tertiary/aromatic N) is 1. The molecule has 2 N–H and O–H groups in total. The van der Waals surface area contributed by atoms with Crippen molar-refractivity contribution in [2.75, 3.05) is 20.6 Å². The van der Waals surface area contributed by atoms with Crippen molar-refractivity contribution in [1.29, 1.82) is 0 Å². The Kier molecular flexibility index (Phi) is 6.57. The van der Waals surface area contributed by atoms with E-state index in [0.29, 0.717) is 12.5 Å². The van der Waals surface area contributed by atoms with Crippen molar-refractivity contribution >= 4 is 10.0 Å². The quantitative estimate of drug-likeness (QED) is 0.750. The van der Waals surface area contributed by atoms with Gasteiger partial charge in [-0.15, -0.1) is 0 Å². The van der Waals surface area contributed by atoms with Crippen LogP contribution < -0.4 is 10.3 Å². The van der Waals surface area contributed by atoms with Gasteiger partial charge in [-0.25, -0.2) is 13.1 Å². The Labute approximate surface area is 126 Å². The third-order valence-electron chi connectivity index (χ3n) is 3.80. The van der Waals surface area contributed by atoms with Gasteiger partial charge < -0.3 is 9.88 Å². The summed E-state index contributed by atoms with van der Waals surface area (Å²) in [5.41, 5.74) is -0.322. The summed E-state index contributed by atoms with van der Waals surface area (Å²) in [6.07, 6.45) is 3.21. The van der Waals surface area contributed by atoms with E-state index in [1.807, 2.05) is 19.0 Å². The highest BCUT2D eigenvalue weighted by atomic mass is 32.2.